The minimum absolute atomic E-state index is 0.849. The number of hydrogen-bond donors (Lipinski definition) is 1. The predicted molar refractivity (Wildman–Crippen MR) is 77.7 cm³/mol. The van der Waals surface area contributed by atoms with Gasteiger partial charge in [0.2, 0.25) is 0 Å². The Hall–Kier alpha value is -0.860. The second-order valence-electron chi connectivity index (χ2n) is 5.58. The number of likely N-dealkylation sites (tertiary alicyclic amines) is 1. The molecule has 1 aliphatic rings. The lowest BCUT2D eigenvalue weighted by molar-refractivity contribution is 0.314. The van der Waals surface area contributed by atoms with E-state index < -0.39 is 0 Å². The second kappa shape index (κ2) is 6.91. The van der Waals surface area contributed by atoms with Crippen LogP contribution in [0.3, 0.4) is 0 Å². The quantitative estimate of drug-likeness (QED) is 0.777. The minimum atomic E-state index is 0.849. The van der Waals surface area contributed by atoms with Gasteiger partial charge in [-0.05, 0) is 50.9 Å². The molecule has 0 aromatic heterocycles. The average molecular weight is 246 g/mol. The van der Waals surface area contributed by atoms with Crippen LogP contribution >= 0.6 is 0 Å². The fourth-order valence-electron chi connectivity index (χ4n) is 2.66. The first-order valence-electron chi connectivity index (χ1n) is 7.26. The monoisotopic (exact) mass is 246 g/mol. The van der Waals surface area contributed by atoms with Crippen molar-refractivity contribution in [2.45, 2.75) is 33.2 Å². The minimum Gasteiger partial charge on any atom is -0.316 e. The van der Waals surface area contributed by atoms with Gasteiger partial charge in [-0.1, -0.05) is 36.8 Å². The molecule has 1 atom stereocenters. The van der Waals surface area contributed by atoms with Crippen LogP contribution in [-0.2, 0) is 6.54 Å². The Morgan fingerprint density at radius 3 is 2.78 bits per heavy atom. The maximum atomic E-state index is 3.54. The lowest BCUT2D eigenvalue weighted by Crippen LogP contribution is -2.26. The lowest BCUT2D eigenvalue weighted by Gasteiger charge is -2.16. The third-order valence-corrected chi connectivity index (χ3v) is 3.76. The molecule has 1 unspecified atom stereocenters. The van der Waals surface area contributed by atoms with Gasteiger partial charge in [0.15, 0.2) is 0 Å². The molecule has 0 radical (unpaired) electrons. The molecule has 2 heteroatoms. The van der Waals surface area contributed by atoms with E-state index in [0.29, 0.717) is 0 Å². The van der Waals surface area contributed by atoms with Gasteiger partial charge in [0.1, 0.15) is 0 Å². The van der Waals surface area contributed by atoms with Crippen molar-refractivity contribution in [1.82, 2.24) is 10.2 Å². The van der Waals surface area contributed by atoms with Gasteiger partial charge in [-0.15, -0.1) is 0 Å². The predicted octanol–water partition coefficient (Wildman–Crippen LogP) is 2.82. The fourth-order valence-corrected chi connectivity index (χ4v) is 2.66. The summed E-state index contributed by atoms with van der Waals surface area (Å²) in [5.74, 6) is 0.849. The van der Waals surface area contributed by atoms with Crippen molar-refractivity contribution in [3.05, 3.63) is 35.4 Å². The second-order valence-corrected chi connectivity index (χ2v) is 5.58. The lowest BCUT2D eigenvalue weighted by atomic mass is 10.1. The molecule has 1 aromatic carbocycles. The molecule has 100 valence electrons. The third kappa shape index (κ3) is 4.11. The summed E-state index contributed by atoms with van der Waals surface area (Å²) in [5.41, 5.74) is 2.80. The van der Waals surface area contributed by atoms with E-state index in [1.54, 1.807) is 0 Å². The molecule has 1 N–H and O–H groups in total. The number of benzene rings is 1. The number of rotatable bonds is 6. The van der Waals surface area contributed by atoms with E-state index in [1.807, 2.05) is 0 Å². The van der Waals surface area contributed by atoms with Crippen LogP contribution in [0.5, 0.6) is 0 Å². The van der Waals surface area contributed by atoms with Gasteiger partial charge in [-0.2, -0.15) is 0 Å². The van der Waals surface area contributed by atoms with Gasteiger partial charge in [-0.25, -0.2) is 0 Å². The van der Waals surface area contributed by atoms with Gasteiger partial charge in [-0.3, -0.25) is 4.90 Å². The van der Waals surface area contributed by atoms with Crippen LogP contribution in [0, 0.1) is 12.8 Å². The number of nitrogens with one attached hydrogen (secondary N) is 1. The van der Waals surface area contributed by atoms with Crippen LogP contribution in [0.25, 0.3) is 0 Å². The highest BCUT2D eigenvalue weighted by Gasteiger charge is 2.21. The number of nitrogens with zero attached hydrogens (tertiary/aromatic N) is 1. The molecule has 0 aliphatic carbocycles. The van der Waals surface area contributed by atoms with Gasteiger partial charge in [0.25, 0.3) is 0 Å². The molecular formula is C16H26N2. The molecule has 0 saturated carbocycles. The Morgan fingerprint density at radius 1 is 1.28 bits per heavy atom. The van der Waals surface area contributed by atoms with Crippen LogP contribution in [0.1, 0.15) is 30.9 Å². The first-order valence-corrected chi connectivity index (χ1v) is 7.26. The van der Waals surface area contributed by atoms with E-state index in [1.165, 1.54) is 43.6 Å². The Bertz CT molecular complexity index is 345. The SMILES string of the molecule is CCCNCC1CCN(Cc2ccc(C)cc2)C1. The standard InChI is InChI=1S/C16H26N2/c1-3-9-17-11-16-8-10-18(13-16)12-15-6-4-14(2)5-7-15/h4-7,16-17H,3,8-13H2,1-2H3. The maximum Gasteiger partial charge on any atom is 0.0233 e. The van der Waals surface area contributed by atoms with Crippen molar-refractivity contribution in [1.29, 1.82) is 0 Å². The van der Waals surface area contributed by atoms with Crippen molar-refractivity contribution in [2.75, 3.05) is 26.2 Å². The smallest absolute Gasteiger partial charge is 0.0233 e. The molecular weight excluding hydrogens is 220 g/mol. The third-order valence-electron chi connectivity index (χ3n) is 3.76. The zero-order valence-corrected chi connectivity index (χ0v) is 11.8. The van der Waals surface area contributed by atoms with Gasteiger partial charge in [0, 0.05) is 13.1 Å². The largest absolute Gasteiger partial charge is 0.316 e. The molecule has 1 aliphatic heterocycles. The van der Waals surface area contributed by atoms with E-state index in [0.717, 1.165) is 19.0 Å². The highest BCUT2D eigenvalue weighted by molar-refractivity contribution is 5.21. The van der Waals surface area contributed by atoms with Gasteiger partial charge in [0.05, 0.1) is 0 Å². The zero-order chi connectivity index (χ0) is 12.8. The molecule has 2 rings (SSSR count). The van der Waals surface area contributed by atoms with Crippen LogP contribution in [0.2, 0.25) is 0 Å². The van der Waals surface area contributed by atoms with Gasteiger partial charge < -0.3 is 5.32 Å². The normalized spacial score (nSPS) is 20.4. The Morgan fingerprint density at radius 2 is 2.06 bits per heavy atom. The zero-order valence-electron chi connectivity index (χ0n) is 11.8. The first-order chi connectivity index (χ1) is 8.78. The molecule has 1 heterocycles. The Balaban J connectivity index is 1.73. The van der Waals surface area contributed by atoms with E-state index in [9.17, 15) is 0 Å². The van der Waals surface area contributed by atoms with E-state index >= 15 is 0 Å². The molecule has 1 fully saturated rings. The van der Waals surface area contributed by atoms with Crippen LogP contribution < -0.4 is 5.32 Å². The summed E-state index contributed by atoms with van der Waals surface area (Å²) >= 11 is 0. The molecule has 0 spiro atoms. The van der Waals surface area contributed by atoms with Gasteiger partial charge >= 0.3 is 0 Å². The molecule has 1 aromatic rings. The highest BCUT2D eigenvalue weighted by atomic mass is 15.1. The maximum absolute atomic E-state index is 3.54. The number of aryl methyl sites for hydroxylation is 1. The number of hydrogen-bond acceptors (Lipinski definition) is 2. The van der Waals surface area contributed by atoms with Crippen molar-refractivity contribution in [3.8, 4) is 0 Å². The molecule has 18 heavy (non-hydrogen) atoms. The summed E-state index contributed by atoms with van der Waals surface area (Å²) in [6, 6.07) is 8.95. The molecule has 2 nitrogen and oxygen atoms in total. The Kier molecular flexibility index (Phi) is 5.21. The van der Waals surface area contributed by atoms with Crippen LogP contribution in [-0.4, -0.2) is 31.1 Å². The van der Waals surface area contributed by atoms with E-state index in [2.05, 4.69) is 48.3 Å². The van der Waals surface area contributed by atoms with Crippen molar-refractivity contribution in [3.63, 3.8) is 0 Å². The summed E-state index contributed by atoms with van der Waals surface area (Å²) in [5, 5.41) is 3.54. The summed E-state index contributed by atoms with van der Waals surface area (Å²) in [4.78, 5) is 2.59. The van der Waals surface area contributed by atoms with Crippen LogP contribution in [0.15, 0.2) is 24.3 Å². The first kappa shape index (κ1) is 13.6. The summed E-state index contributed by atoms with van der Waals surface area (Å²) < 4.78 is 0. The topological polar surface area (TPSA) is 15.3 Å². The summed E-state index contributed by atoms with van der Waals surface area (Å²) in [6.45, 7) is 10.4. The van der Waals surface area contributed by atoms with Crippen molar-refractivity contribution >= 4 is 0 Å². The summed E-state index contributed by atoms with van der Waals surface area (Å²) in [6.07, 6.45) is 2.59. The van der Waals surface area contributed by atoms with E-state index in [4.69, 9.17) is 0 Å². The van der Waals surface area contributed by atoms with Crippen molar-refractivity contribution < 1.29 is 0 Å². The Labute approximate surface area is 111 Å². The fraction of sp³-hybridized carbons (Fsp3) is 0.625. The molecule has 0 amide bonds. The van der Waals surface area contributed by atoms with Crippen LogP contribution in [0.4, 0.5) is 0 Å². The average Bonchev–Trinajstić information content (AvgIpc) is 2.80. The summed E-state index contributed by atoms with van der Waals surface area (Å²) in [7, 11) is 0. The molecule has 0 bridgehead atoms. The highest BCUT2D eigenvalue weighted by Crippen LogP contribution is 2.18. The van der Waals surface area contributed by atoms with Crippen molar-refractivity contribution in [2.24, 2.45) is 5.92 Å². The molecule has 1 saturated heterocycles. The van der Waals surface area contributed by atoms with E-state index in [-0.39, 0.29) is 0 Å².